The lowest BCUT2D eigenvalue weighted by Crippen LogP contribution is -2.54. The van der Waals surface area contributed by atoms with Gasteiger partial charge in [0.1, 0.15) is 0 Å². The normalized spacial score (nSPS) is 33.3. The van der Waals surface area contributed by atoms with E-state index >= 15 is 0 Å². The first-order valence-electron chi connectivity index (χ1n) is 8.23. The van der Waals surface area contributed by atoms with E-state index in [4.69, 9.17) is 5.11 Å². The average Bonchev–Trinajstić information content (AvgIpc) is 3.15. The molecule has 7 heteroatoms. The van der Waals surface area contributed by atoms with E-state index in [1.807, 2.05) is 4.80 Å². The van der Waals surface area contributed by atoms with Gasteiger partial charge in [-0.05, 0) is 37.5 Å². The Hall–Kier alpha value is -1.63. The van der Waals surface area contributed by atoms with Gasteiger partial charge in [-0.3, -0.25) is 0 Å². The molecule has 0 atom stereocenters. The molecule has 1 aromatic heterocycles. The first kappa shape index (κ1) is 14.0. The lowest BCUT2D eigenvalue weighted by atomic mass is 9.64. The van der Waals surface area contributed by atoms with Crippen molar-refractivity contribution in [2.75, 3.05) is 26.2 Å². The van der Waals surface area contributed by atoms with Crippen LogP contribution in [0.4, 0.5) is 4.79 Å². The molecule has 1 aliphatic carbocycles. The van der Waals surface area contributed by atoms with Crippen molar-refractivity contribution in [2.24, 2.45) is 5.41 Å². The highest BCUT2D eigenvalue weighted by Crippen LogP contribution is 2.50. The minimum Gasteiger partial charge on any atom is -0.465 e. The van der Waals surface area contributed by atoms with Crippen molar-refractivity contribution in [1.29, 1.82) is 0 Å². The van der Waals surface area contributed by atoms with Crippen LogP contribution in [-0.2, 0) is 0 Å². The van der Waals surface area contributed by atoms with Gasteiger partial charge in [-0.25, -0.2) is 4.79 Å². The highest BCUT2D eigenvalue weighted by Gasteiger charge is 2.51. The molecule has 1 aromatic rings. The topological polar surface area (TPSA) is 74.5 Å². The van der Waals surface area contributed by atoms with Crippen molar-refractivity contribution in [3.05, 3.63) is 12.4 Å². The van der Waals surface area contributed by atoms with E-state index in [-0.39, 0.29) is 5.41 Å². The predicted octanol–water partition coefficient (Wildman–Crippen LogP) is 1.45. The Kier molecular flexibility index (Phi) is 3.32. The van der Waals surface area contributed by atoms with Crippen molar-refractivity contribution in [1.82, 2.24) is 24.8 Å². The number of hydrogen-bond acceptors (Lipinski definition) is 4. The zero-order chi connectivity index (χ0) is 15.2. The summed E-state index contributed by atoms with van der Waals surface area (Å²) in [4.78, 5) is 17.1. The number of carboxylic acid groups (broad SMARTS) is 1. The van der Waals surface area contributed by atoms with Crippen LogP contribution in [0.25, 0.3) is 0 Å². The van der Waals surface area contributed by atoms with Crippen LogP contribution in [0.3, 0.4) is 0 Å². The molecule has 22 heavy (non-hydrogen) atoms. The van der Waals surface area contributed by atoms with Crippen molar-refractivity contribution < 1.29 is 9.90 Å². The number of hydrogen-bond donors (Lipinski definition) is 1. The van der Waals surface area contributed by atoms with Crippen LogP contribution in [0.5, 0.6) is 0 Å². The van der Waals surface area contributed by atoms with E-state index in [0.717, 1.165) is 45.4 Å². The number of aromatic nitrogens is 3. The lowest BCUT2D eigenvalue weighted by Gasteiger charge is -2.51. The lowest BCUT2D eigenvalue weighted by molar-refractivity contribution is -0.00911. The summed E-state index contributed by atoms with van der Waals surface area (Å²) in [5.41, 5.74) is 0.281. The second-order valence-corrected chi connectivity index (χ2v) is 7.13. The number of carbonyl (C=O) groups is 1. The van der Waals surface area contributed by atoms with Gasteiger partial charge < -0.3 is 14.9 Å². The fourth-order valence-corrected chi connectivity index (χ4v) is 4.53. The Labute approximate surface area is 129 Å². The molecule has 120 valence electrons. The van der Waals surface area contributed by atoms with Gasteiger partial charge in [0.2, 0.25) is 0 Å². The summed E-state index contributed by atoms with van der Waals surface area (Å²) in [6.07, 6.45) is 8.34. The monoisotopic (exact) mass is 305 g/mol. The molecule has 1 amide bonds. The third-order valence-electron chi connectivity index (χ3n) is 5.82. The van der Waals surface area contributed by atoms with Gasteiger partial charge in [0.05, 0.1) is 18.4 Å². The summed E-state index contributed by atoms with van der Waals surface area (Å²) in [6, 6.07) is 1.09. The largest absolute Gasteiger partial charge is 0.465 e. The summed E-state index contributed by atoms with van der Waals surface area (Å²) < 4.78 is 0. The molecule has 1 saturated carbocycles. The van der Waals surface area contributed by atoms with Gasteiger partial charge >= 0.3 is 6.09 Å². The van der Waals surface area contributed by atoms with Gasteiger partial charge in [0, 0.05) is 32.2 Å². The third-order valence-corrected chi connectivity index (χ3v) is 5.82. The summed E-state index contributed by atoms with van der Waals surface area (Å²) in [7, 11) is 0. The van der Waals surface area contributed by atoms with Crippen LogP contribution in [0, 0.1) is 5.41 Å². The summed E-state index contributed by atoms with van der Waals surface area (Å²) in [5.74, 6) is 0. The second kappa shape index (κ2) is 5.22. The maximum Gasteiger partial charge on any atom is 0.407 e. The molecule has 7 nitrogen and oxygen atoms in total. The number of piperidine rings is 1. The van der Waals surface area contributed by atoms with Crippen LogP contribution in [0.15, 0.2) is 12.4 Å². The van der Waals surface area contributed by atoms with Crippen LogP contribution in [-0.4, -0.2) is 68.2 Å². The Morgan fingerprint density at radius 3 is 2.36 bits per heavy atom. The van der Waals surface area contributed by atoms with Crippen molar-refractivity contribution in [3.63, 3.8) is 0 Å². The van der Waals surface area contributed by atoms with Gasteiger partial charge in [0.15, 0.2) is 0 Å². The number of amides is 1. The number of nitrogens with zero attached hydrogens (tertiary/aromatic N) is 5. The molecule has 2 saturated heterocycles. The fraction of sp³-hybridized carbons (Fsp3) is 0.800. The van der Waals surface area contributed by atoms with E-state index in [2.05, 4.69) is 15.1 Å². The smallest absolute Gasteiger partial charge is 0.407 e. The van der Waals surface area contributed by atoms with Crippen LogP contribution in [0.1, 0.15) is 38.1 Å². The molecule has 4 rings (SSSR count). The molecule has 0 radical (unpaired) electrons. The number of rotatable bonds is 2. The third kappa shape index (κ3) is 2.37. The minimum absolute atomic E-state index is 0.281. The molecule has 1 N–H and O–H groups in total. The molecular weight excluding hydrogens is 282 g/mol. The van der Waals surface area contributed by atoms with E-state index in [1.54, 1.807) is 17.3 Å². The summed E-state index contributed by atoms with van der Waals surface area (Å²) in [6.45, 7) is 3.67. The molecule has 3 heterocycles. The van der Waals surface area contributed by atoms with Crippen molar-refractivity contribution in [3.8, 4) is 0 Å². The van der Waals surface area contributed by atoms with Gasteiger partial charge in [-0.1, -0.05) is 0 Å². The fourth-order valence-electron chi connectivity index (χ4n) is 4.53. The second-order valence-electron chi connectivity index (χ2n) is 7.13. The average molecular weight is 305 g/mol. The summed E-state index contributed by atoms with van der Waals surface area (Å²) in [5, 5.41) is 17.6. The van der Waals surface area contributed by atoms with E-state index in [0.29, 0.717) is 12.1 Å². The van der Waals surface area contributed by atoms with Crippen molar-refractivity contribution >= 4 is 6.09 Å². The molecule has 0 unspecified atom stereocenters. The molecular formula is C15H23N5O2. The molecule has 0 aromatic carbocycles. The maximum atomic E-state index is 11.1. The van der Waals surface area contributed by atoms with Crippen LogP contribution in [0.2, 0.25) is 0 Å². The van der Waals surface area contributed by atoms with Gasteiger partial charge in [-0.2, -0.15) is 15.0 Å². The Morgan fingerprint density at radius 2 is 1.77 bits per heavy atom. The SMILES string of the molecule is O=C(O)N1CCC2(CC(N3CCC(n4nccn4)CC3)C2)C1. The first-order valence-corrected chi connectivity index (χ1v) is 8.23. The zero-order valence-corrected chi connectivity index (χ0v) is 12.8. The molecule has 1 spiro atoms. The molecule has 3 aliphatic rings. The highest BCUT2D eigenvalue weighted by atomic mass is 16.4. The predicted molar refractivity (Wildman–Crippen MR) is 79.5 cm³/mol. The van der Waals surface area contributed by atoms with Gasteiger partial charge in [0.25, 0.3) is 0 Å². The zero-order valence-electron chi connectivity index (χ0n) is 12.8. The maximum absolute atomic E-state index is 11.1. The number of likely N-dealkylation sites (tertiary alicyclic amines) is 2. The first-order chi connectivity index (χ1) is 10.7. The summed E-state index contributed by atoms with van der Waals surface area (Å²) >= 11 is 0. The molecule has 2 aliphatic heterocycles. The van der Waals surface area contributed by atoms with Crippen LogP contribution < -0.4 is 0 Å². The standard InChI is InChI=1S/C15H23N5O2/c21-14(22)19-8-3-15(11-19)9-13(10-15)18-6-1-12(2-7-18)20-16-4-5-17-20/h4-5,12-13H,1-3,6-11H2,(H,21,22). The Morgan fingerprint density at radius 1 is 1.09 bits per heavy atom. The Balaban J connectivity index is 1.27. The Bertz CT molecular complexity index is 532. The highest BCUT2D eigenvalue weighted by molar-refractivity contribution is 5.65. The van der Waals surface area contributed by atoms with E-state index < -0.39 is 6.09 Å². The van der Waals surface area contributed by atoms with Crippen molar-refractivity contribution in [2.45, 2.75) is 44.2 Å². The van der Waals surface area contributed by atoms with Gasteiger partial charge in [-0.15, -0.1) is 0 Å². The minimum atomic E-state index is -0.757. The van der Waals surface area contributed by atoms with Crippen LogP contribution >= 0.6 is 0 Å². The molecule has 3 fully saturated rings. The molecule has 0 bridgehead atoms. The van der Waals surface area contributed by atoms with E-state index in [1.165, 1.54) is 12.8 Å². The quantitative estimate of drug-likeness (QED) is 0.895. The van der Waals surface area contributed by atoms with E-state index in [9.17, 15) is 4.79 Å².